The monoisotopic (exact) mass is 441 g/mol. The molecule has 0 radical (unpaired) electrons. The highest BCUT2D eigenvalue weighted by Gasteiger charge is 2.17. The summed E-state index contributed by atoms with van der Waals surface area (Å²) in [6.45, 7) is 4.48. The van der Waals surface area contributed by atoms with Gasteiger partial charge in [0.1, 0.15) is 11.6 Å². The molecule has 0 atom stereocenters. The van der Waals surface area contributed by atoms with Gasteiger partial charge in [-0.2, -0.15) is 0 Å². The Hall–Kier alpha value is -3.20. The maximum atomic E-state index is 13.7. The van der Waals surface area contributed by atoms with Gasteiger partial charge in [0.15, 0.2) is 5.16 Å². The summed E-state index contributed by atoms with van der Waals surface area (Å²) in [6, 6.07) is 13.7. The largest absolute Gasteiger partial charge is 0.325 e. The van der Waals surface area contributed by atoms with Crippen LogP contribution in [0.25, 0.3) is 0 Å². The number of hydrogen-bond donors (Lipinski definition) is 2. The molecule has 2 N–H and O–H groups in total. The van der Waals surface area contributed by atoms with Gasteiger partial charge in [0.25, 0.3) is 0 Å². The summed E-state index contributed by atoms with van der Waals surface area (Å²) in [4.78, 5) is 24.7. The number of para-hydroxylation sites is 2. The second kappa shape index (κ2) is 10.7. The van der Waals surface area contributed by atoms with Crippen molar-refractivity contribution in [3.05, 3.63) is 65.7 Å². The number of aryl methyl sites for hydroxylation is 1. The Labute approximate surface area is 184 Å². The van der Waals surface area contributed by atoms with Crippen molar-refractivity contribution < 1.29 is 14.0 Å². The summed E-state index contributed by atoms with van der Waals surface area (Å²) in [5.41, 5.74) is 1.99. The quantitative estimate of drug-likeness (QED) is 0.492. The molecule has 0 aliphatic rings. The molecule has 31 heavy (non-hydrogen) atoms. The van der Waals surface area contributed by atoms with Gasteiger partial charge in [0.2, 0.25) is 11.8 Å². The number of nitrogens with one attached hydrogen (secondary N) is 2. The maximum Gasteiger partial charge on any atom is 0.234 e. The molecular weight excluding hydrogens is 417 g/mol. The summed E-state index contributed by atoms with van der Waals surface area (Å²) in [5, 5.41) is 14.2. The highest BCUT2D eigenvalue weighted by molar-refractivity contribution is 7.99. The highest BCUT2D eigenvalue weighted by atomic mass is 32.2. The van der Waals surface area contributed by atoms with E-state index in [2.05, 4.69) is 20.8 Å². The van der Waals surface area contributed by atoms with E-state index < -0.39 is 11.7 Å². The van der Waals surface area contributed by atoms with Crippen molar-refractivity contribution in [1.29, 1.82) is 0 Å². The fourth-order valence-corrected chi connectivity index (χ4v) is 3.86. The Kier molecular flexibility index (Phi) is 7.77. The van der Waals surface area contributed by atoms with Crippen molar-refractivity contribution >= 4 is 35.0 Å². The number of amides is 2. The van der Waals surface area contributed by atoms with E-state index in [-0.39, 0.29) is 23.8 Å². The Morgan fingerprint density at radius 1 is 0.968 bits per heavy atom. The number of nitrogens with zero attached hydrogens (tertiary/aromatic N) is 3. The number of benzene rings is 2. The molecule has 162 valence electrons. The topological polar surface area (TPSA) is 88.9 Å². The van der Waals surface area contributed by atoms with E-state index in [0.29, 0.717) is 17.5 Å². The van der Waals surface area contributed by atoms with Gasteiger partial charge in [-0.1, -0.05) is 49.0 Å². The van der Waals surface area contributed by atoms with Gasteiger partial charge in [-0.25, -0.2) is 4.39 Å². The van der Waals surface area contributed by atoms with Crippen molar-refractivity contribution in [2.45, 2.75) is 38.4 Å². The maximum absolute atomic E-state index is 13.7. The third-order valence-corrected chi connectivity index (χ3v) is 5.55. The lowest BCUT2D eigenvalue weighted by atomic mass is 10.1. The molecule has 1 heterocycles. The first-order chi connectivity index (χ1) is 15.0. The fraction of sp³-hybridized carbons (Fsp3) is 0.273. The van der Waals surface area contributed by atoms with Crippen molar-refractivity contribution in [2.24, 2.45) is 0 Å². The van der Waals surface area contributed by atoms with Gasteiger partial charge >= 0.3 is 0 Å². The van der Waals surface area contributed by atoms with Crippen LogP contribution < -0.4 is 10.6 Å². The summed E-state index contributed by atoms with van der Waals surface area (Å²) in [5.74, 6) is -0.416. The number of carbonyl (C=O) groups excluding carboxylic acids is 2. The minimum Gasteiger partial charge on any atom is -0.325 e. The van der Waals surface area contributed by atoms with Crippen LogP contribution in [0.1, 0.15) is 25.2 Å². The Morgan fingerprint density at radius 3 is 2.35 bits per heavy atom. The average Bonchev–Trinajstić information content (AvgIpc) is 3.15. The molecule has 0 fully saturated rings. The predicted molar refractivity (Wildman–Crippen MR) is 120 cm³/mol. The first-order valence-electron chi connectivity index (χ1n) is 9.98. The number of rotatable bonds is 9. The average molecular weight is 442 g/mol. The number of thioether (sulfide) groups is 1. The van der Waals surface area contributed by atoms with Crippen molar-refractivity contribution in [2.75, 3.05) is 16.4 Å². The van der Waals surface area contributed by atoms with Gasteiger partial charge < -0.3 is 15.2 Å². The molecule has 2 amide bonds. The molecule has 0 unspecified atom stereocenters. The van der Waals surface area contributed by atoms with Crippen molar-refractivity contribution in [1.82, 2.24) is 14.8 Å². The van der Waals surface area contributed by atoms with Gasteiger partial charge in [-0.15, -0.1) is 10.2 Å². The smallest absolute Gasteiger partial charge is 0.234 e. The third kappa shape index (κ3) is 5.91. The van der Waals surface area contributed by atoms with Crippen LogP contribution in [0.4, 0.5) is 15.8 Å². The number of halogens is 1. The van der Waals surface area contributed by atoms with Gasteiger partial charge in [-0.3, -0.25) is 9.59 Å². The summed E-state index contributed by atoms with van der Waals surface area (Å²) < 4.78 is 15.5. The minimum absolute atomic E-state index is 0.0498. The van der Waals surface area contributed by atoms with Crippen LogP contribution in [-0.4, -0.2) is 32.3 Å². The first kappa shape index (κ1) is 22.5. The van der Waals surface area contributed by atoms with E-state index >= 15 is 0 Å². The Morgan fingerprint density at radius 2 is 1.65 bits per heavy atom. The lowest BCUT2D eigenvalue weighted by Gasteiger charge is -2.10. The van der Waals surface area contributed by atoms with Crippen LogP contribution in [0.2, 0.25) is 0 Å². The molecule has 3 aromatic rings. The van der Waals surface area contributed by atoms with E-state index in [0.717, 1.165) is 17.7 Å². The molecule has 0 bridgehead atoms. The van der Waals surface area contributed by atoms with Crippen molar-refractivity contribution in [3.8, 4) is 0 Å². The Balaban J connectivity index is 1.60. The molecule has 3 rings (SSSR count). The van der Waals surface area contributed by atoms with Crippen LogP contribution in [0.5, 0.6) is 0 Å². The van der Waals surface area contributed by atoms with Gasteiger partial charge in [0.05, 0.1) is 17.9 Å². The van der Waals surface area contributed by atoms with Crippen LogP contribution in [-0.2, 0) is 29.0 Å². The minimum atomic E-state index is -0.500. The molecule has 0 saturated heterocycles. The second-order valence-corrected chi connectivity index (χ2v) is 7.64. The molecule has 2 aromatic carbocycles. The van der Waals surface area contributed by atoms with Crippen LogP contribution in [0, 0.1) is 5.82 Å². The van der Waals surface area contributed by atoms with Gasteiger partial charge in [0, 0.05) is 12.2 Å². The number of hydrogen-bond acceptors (Lipinski definition) is 5. The zero-order valence-corrected chi connectivity index (χ0v) is 18.2. The summed E-state index contributed by atoms with van der Waals surface area (Å²) >= 11 is 1.25. The van der Waals surface area contributed by atoms with E-state index in [1.165, 1.54) is 23.9 Å². The number of anilines is 2. The molecule has 9 heteroatoms. The standard InChI is InChI=1S/C22H24FN5O2S/c1-3-15-9-5-7-11-17(15)24-21(30)14-31-22-27-26-19(28(22)4-2)13-20(29)25-18-12-8-6-10-16(18)23/h5-12H,3-4,13-14H2,1-2H3,(H,24,30)(H,25,29). The number of aromatic nitrogens is 3. The SMILES string of the molecule is CCc1ccccc1NC(=O)CSc1nnc(CC(=O)Nc2ccccc2F)n1CC. The lowest BCUT2D eigenvalue weighted by Crippen LogP contribution is -2.18. The zero-order chi connectivity index (χ0) is 22.2. The summed E-state index contributed by atoms with van der Waals surface area (Å²) in [6.07, 6.45) is 0.776. The fourth-order valence-electron chi connectivity index (χ4n) is 3.04. The third-order valence-electron chi connectivity index (χ3n) is 4.58. The lowest BCUT2D eigenvalue weighted by molar-refractivity contribution is -0.116. The van der Waals surface area contributed by atoms with Crippen LogP contribution >= 0.6 is 11.8 Å². The normalized spacial score (nSPS) is 10.7. The number of carbonyl (C=O) groups is 2. The predicted octanol–water partition coefficient (Wildman–Crippen LogP) is 3.91. The van der Waals surface area contributed by atoms with E-state index in [1.54, 1.807) is 16.7 Å². The van der Waals surface area contributed by atoms with E-state index in [1.807, 2.05) is 38.1 Å². The zero-order valence-electron chi connectivity index (χ0n) is 17.4. The molecule has 0 saturated carbocycles. The molecule has 0 aliphatic heterocycles. The van der Waals surface area contributed by atoms with Crippen LogP contribution in [0.3, 0.4) is 0 Å². The molecular formula is C22H24FN5O2S. The highest BCUT2D eigenvalue weighted by Crippen LogP contribution is 2.20. The molecule has 1 aromatic heterocycles. The first-order valence-corrected chi connectivity index (χ1v) is 11.0. The van der Waals surface area contributed by atoms with Crippen molar-refractivity contribution in [3.63, 3.8) is 0 Å². The van der Waals surface area contributed by atoms with Gasteiger partial charge in [-0.05, 0) is 37.1 Å². The Bertz CT molecular complexity index is 1070. The van der Waals surface area contributed by atoms with Crippen LogP contribution in [0.15, 0.2) is 53.7 Å². The van der Waals surface area contributed by atoms with E-state index in [9.17, 15) is 14.0 Å². The van der Waals surface area contributed by atoms with E-state index in [4.69, 9.17) is 0 Å². The molecule has 0 aliphatic carbocycles. The summed E-state index contributed by atoms with van der Waals surface area (Å²) in [7, 11) is 0. The molecule has 0 spiro atoms. The second-order valence-electron chi connectivity index (χ2n) is 6.70. The molecule has 7 nitrogen and oxygen atoms in total.